The molecule has 0 atom stereocenters. The lowest BCUT2D eigenvalue weighted by Gasteiger charge is -2.11. The number of hydrogen-bond acceptors (Lipinski definition) is 3. The molecule has 0 bridgehead atoms. The largest absolute Gasteiger partial charge is 0.317 e. The minimum atomic E-state index is -0.263. The smallest absolute Gasteiger partial charge is 0.293 e. The zero-order valence-corrected chi connectivity index (χ0v) is 16.4. The molecule has 1 saturated heterocycles. The van der Waals surface area contributed by atoms with Crippen LogP contribution in [0, 0.1) is 13.8 Å². The SMILES string of the molecule is C=CCN1C(=O)S/C(=C/c2cc(C)n(-c3ccccc3Br)c2C)C1=O. The molecular weight excluding hydrogens is 400 g/mol. The van der Waals surface area contributed by atoms with Crippen LogP contribution >= 0.6 is 27.7 Å². The van der Waals surface area contributed by atoms with Crippen LogP contribution in [0.25, 0.3) is 11.8 Å². The highest BCUT2D eigenvalue weighted by atomic mass is 79.9. The van der Waals surface area contributed by atoms with Crippen LogP contribution in [0.1, 0.15) is 17.0 Å². The van der Waals surface area contributed by atoms with Gasteiger partial charge in [0.15, 0.2) is 0 Å². The van der Waals surface area contributed by atoms with Gasteiger partial charge in [0.1, 0.15) is 0 Å². The van der Waals surface area contributed by atoms with Crippen molar-refractivity contribution in [2.45, 2.75) is 13.8 Å². The van der Waals surface area contributed by atoms with E-state index in [0.717, 1.165) is 38.9 Å². The second-order valence-corrected chi connectivity index (χ2v) is 7.54. The van der Waals surface area contributed by atoms with Crippen molar-refractivity contribution in [1.82, 2.24) is 9.47 Å². The predicted molar refractivity (Wildman–Crippen MR) is 106 cm³/mol. The van der Waals surface area contributed by atoms with E-state index in [1.807, 2.05) is 44.2 Å². The van der Waals surface area contributed by atoms with E-state index >= 15 is 0 Å². The third-order valence-electron chi connectivity index (χ3n) is 4.04. The maximum atomic E-state index is 12.4. The van der Waals surface area contributed by atoms with E-state index in [2.05, 4.69) is 27.1 Å². The lowest BCUT2D eigenvalue weighted by Crippen LogP contribution is -2.27. The molecule has 0 aliphatic carbocycles. The van der Waals surface area contributed by atoms with Gasteiger partial charge in [-0.25, -0.2) is 0 Å². The molecule has 0 saturated carbocycles. The van der Waals surface area contributed by atoms with Crippen molar-refractivity contribution in [3.63, 3.8) is 0 Å². The third-order valence-corrected chi connectivity index (χ3v) is 5.61. The first-order chi connectivity index (χ1) is 11.9. The number of halogens is 1. The van der Waals surface area contributed by atoms with E-state index in [0.29, 0.717) is 4.91 Å². The van der Waals surface area contributed by atoms with Gasteiger partial charge in [-0.3, -0.25) is 14.5 Å². The monoisotopic (exact) mass is 416 g/mol. The Morgan fingerprint density at radius 1 is 1.24 bits per heavy atom. The quantitative estimate of drug-likeness (QED) is 0.515. The van der Waals surface area contributed by atoms with Gasteiger partial charge in [-0.05, 0) is 71.4 Å². The number of thioether (sulfide) groups is 1. The van der Waals surface area contributed by atoms with Crippen LogP contribution < -0.4 is 0 Å². The summed E-state index contributed by atoms with van der Waals surface area (Å²) in [4.78, 5) is 26.0. The minimum Gasteiger partial charge on any atom is -0.317 e. The maximum absolute atomic E-state index is 12.4. The highest BCUT2D eigenvalue weighted by Crippen LogP contribution is 2.34. The summed E-state index contributed by atoms with van der Waals surface area (Å²) in [6.45, 7) is 7.85. The topological polar surface area (TPSA) is 42.3 Å². The second kappa shape index (κ2) is 7.06. The number of benzene rings is 1. The Morgan fingerprint density at radius 3 is 2.64 bits per heavy atom. The Balaban J connectivity index is 2.02. The van der Waals surface area contributed by atoms with E-state index in [9.17, 15) is 9.59 Å². The van der Waals surface area contributed by atoms with E-state index in [1.54, 1.807) is 12.2 Å². The zero-order valence-electron chi connectivity index (χ0n) is 14.0. The van der Waals surface area contributed by atoms with Crippen LogP contribution in [0.15, 0.2) is 52.4 Å². The number of nitrogens with zero attached hydrogens (tertiary/aromatic N) is 2. The molecule has 0 N–H and O–H groups in total. The molecule has 2 aromatic rings. The van der Waals surface area contributed by atoms with Crippen molar-refractivity contribution in [3.05, 3.63) is 69.3 Å². The third kappa shape index (κ3) is 3.24. The van der Waals surface area contributed by atoms with Crippen LogP contribution in [-0.2, 0) is 4.79 Å². The molecule has 3 rings (SSSR count). The van der Waals surface area contributed by atoms with Gasteiger partial charge >= 0.3 is 0 Å². The highest BCUT2D eigenvalue weighted by molar-refractivity contribution is 9.10. The Kier molecular flexibility index (Phi) is 5.01. The summed E-state index contributed by atoms with van der Waals surface area (Å²) in [7, 11) is 0. The van der Waals surface area contributed by atoms with Crippen LogP contribution in [0.4, 0.5) is 4.79 Å². The molecule has 1 aromatic carbocycles. The molecule has 1 aromatic heterocycles. The summed E-state index contributed by atoms with van der Waals surface area (Å²) in [6, 6.07) is 10.0. The number of rotatable bonds is 4. The first-order valence-corrected chi connectivity index (χ1v) is 9.35. The molecular formula is C19H17BrN2O2S. The molecule has 0 radical (unpaired) electrons. The average molecular weight is 417 g/mol. The number of aromatic nitrogens is 1. The lowest BCUT2D eigenvalue weighted by molar-refractivity contribution is -0.122. The molecule has 0 unspecified atom stereocenters. The van der Waals surface area contributed by atoms with Crippen molar-refractivity contribution in [3.8, 4) is 5.69 Å². The number of para-hydroxylation sites is 1. The van der Waals surface area contributed by atoms with Gasteiger partial charge in [0.25, 0.3) is 11.1 Å². The molecule has 2 amide bonds. The first-order valence-electron chi connectivity index (χ1n) is 7.74. The van der Waals surface area contributed by atoms with Gasteiger partial charge in [-0.1, -0.05) is 18.2 Å². The molecule has 0 spiro atoms. The maximum Gasteiger partial charge on any atom is 0.293 e. The van der Waals surface area contributed by atoms with Crippen LogP contribution in [0.5, 0.6) is 0 Å². The number of amides is 2. The van der Waals surface area contributed by atoms with Gasteiger partial charge in [0.05, 0.1) is 10.6 Å². The molecule has 128 valence electrons. The van der Waals surface area contributed by atoms with Crippen LogP contribution in [0.3, 0.4) is 0 Å². The fourth-order valence-electron chi connectivity index (χ4n) is 2.87. The number of carbonyl (C=O) groups is 2. The standard InChI is InChI=1S/C19H17BrN2O2S/c1-4-9-21-18(23)17(25-19(21)24)11-14-10-12(2)22(13(14)3)16-8-6-5-7-15(16)20/h4-8,10-11H,1,9H2,2-3H3/b17-11+. The van der Waals surface area contributed by atoms with Crippen LogP contribution in [-0.4, -0.2) is 27.2 Å². The van der Waals surface area contributed by atoms with Crippen molar-refractivity contribution in [1.29, 1.82) is 0 Å². The normalized spacial score (nSPS) is 16.1. The molecule has 1 fully saturated rings. The minimum absolute atomic E-state index is 0.234. The Bertz CT molecular complexity index is 914. The van der Waals surface area contributed by atoms with E-state index in [1.165, 1.54) is 4.90 Å². The summed E-state index contributed by atoms with van der Waals surface area (Å²) in [5.41, 5.74) is 4.04. The van der Waals surface area contributed by atoms with Crippen molar-refractivity contribution in [2.24, 2.45) is 0 Å². The van der Waals surface area contributed by atoms with Gasteiger partial charge in [-0.2, -0.15) is 0 Å². The van der Waals surface area contributed by atoms with Gasteiger partial charge in [-0.15, -0.1) is 6.58 Å². The first kappa shape index (κ1) is 17.8. The summed E-state index contributed by atoms with van der Waals surface area (Å²) < 4.78 is 3.12. The molecule has 6 heteroatoms. The van der Waals surface area contributed by atoms with Gasteiger partial charge in [0.2, 0.25) is 0 Å². The second-order valence-electron chi connectivity index (χ2n) is 5.69. The average Bonchev–Trinajstić information content (AvgIpc) is 2.99. The summed E-state index contributed by atoms with van der Waals surface area (Å²) in [5, 5.41) is -0.254. The fraction of sp³-hybridized carbons (Fsp3) is 0.158. The Labute approximate surface area is 159 Å². The molecule has 1 aliphatic heterocycles. The summed E-state index contributed by atoms with van der Waals surface area (Å²) >= 11 is 4.56. The molecule has 1 aliphatic rings. The number of hydrogen-bond donors (Lipinski definition) is 0. The molecule has 2 heterocycles. The Hall–Kier alpha value is -2.05. The van der Waals surface area contributed by atoms with E-state index in [-0.39, 0.29) is 17.7 Å². The van der Waals surface area contributed by atoms with Crippen LogP contribution in [0.2, 0.25) is 0 Å². The fourth-order valence-corrected chi connectivity index (χ4v) is 4.17. The number of imide groups is 1. The number of carbonyl (C=O) groups excluding carboxylic acids is 2. The van der Waals surface area contributed by atoms with Crippen molar-refractivity contribution < 1.29 is 9.59 Å². The number of aryl methyl sites for hydroxylation is 1. The molecule has 25 heavy (non-hydrogen) atoms. The van der Waals surface area contributed by atoms with E-state index < -0.39 is 0 Å². The highest BCUT2D eigenvalue weighted by Gasteiger charge is 2.34. The molecule has 4 nitrogen and oxygen atoms in total. The van der Waals surface area contributed by atoms with Gasteiger partial charge in [0, 0.05) is 22.4 Å². The van der Waals surface area contributed by atoms with Gasteiger partial charge < -0.3 is 4.57 Å². The lowest BCUT2D eigenvalue weighted by atomic mass is 10.2. The zero-order chi connectivity index (χ0) is 18.1. The summed E-state index contributed by atoms with van der Waals surface area (Å²) in [5.74, 6) is -0.263. The van der Waals surface area contributed by atoms with Crippen molar-refractivity contribution >= 4 is 44.9 Å². The van der Waals surface area contributed by atoms with E-state index in [4.69, 9.17) is 0 Å². The predicted octanol–water partition coefficient (Wildman–Crippen LogP) is 5.08. The summed E-state index contributed by atoms with van der Waals surface area (Å²) in [6.07, 6.45) is 3.35. The Morgan fingerprint density at radius 2 is 1.96 bits per heavy atom. The van der Waals surface area contributed by atoms with Crippen molar-refractivity contribution in [2.75, 3.05) is 6.54 Å².